The van der Waals surface area contributed by atoms with Crippen LogP contribution in [0.5, 0.6) is 11.5 Å². The predicted molar refractivity (Wildman–Crippen MR) is 68.1 cm³/mol. The molecule has 1 aromatic carbocycles. The van der Waals surface area contributed by atoms with Crippen LogP contribution in [0.15, 0.2) is 29.6 Å². The normalized spacial score (nSPS) is 11.4. The molecule has 0 spiro atoms. The molecule has 0 aliphatic carbocycles. The summed E-state index contributed by atoms with van der Waals surface area (Å²) in [6.07, 6.45) is -4.74. The average Bonchev–Trinajstić information content (AvgIpc) is 2.70. The molecule has 0 radical (unpaired) electrons. The van der Waals surface area contributed by atoms with Gasteiger partial charge in [-0.2, -0.15) is 0 Å². The number of alkyl halides is 3. The Kier molecular flexibility index (Phi) is 3.71. The van der Waals surface area contributed by atoms with Crippen LogP contribution < -0.4 is 4.74 Å². The second-order valence-corrected chi connectivity index (χ2v) is 4.84. The zero-order valence-corrected chi connectivity index (χ0v) is 11.0. The molecule has 106 valence electrons. The van der Waals surface area contributed by atoms with E-state index in [0.29, 0.717) is 10.4 Å². The average molecular weight is 302 g/mol. The molecule has 1 N–H and O–H groups in total. The first-order valence-electron chi connectivity index (χ1n) is 5.45. The van der Waals surface area contributed by atoms with Crippen molar-refractivity contribution in [3.05, 3.63) is 35.2 Å². The molecule has 2 aromatic rings. The van der Waals surface area contributed by atoms with Crippen molar-refractivity contribution in [3.8, 4) is 21.9 Å². The molecular weight excluding hydrogens is 293 g/mol. The fourth-order valence-electron chi connectivity index (χ4n) is 1.61. The first-order chi connectivity index (χ1) is 9.28. The van der Waals surface area contributed by atoms with Crippen LogP contribution in [0.25, 0.3) is 10.4 Å². The number of benzene rings is 1. The van der Waals surface area contributed by atoms with E-state index in [1.54, 1.807) is 0 Å². The number of rotatable bonds is 3. The van der Waals surface area contributed by atoms with Crippen molar-refractivity contribution in [1.82, 2.24) is 0 Å². The van der Waals surface area contributed by atoms with Gasteiger partial charge >= 0.3 is 6.36 Å². The van der Waals surface area contributed by atoms with E-state index >= 15 is 0 Å². The summed E-state index contributed by atoms with van der Waals surface area (Å²) in [5.41, 5.74) is 0.704. The highest BCUT2D eigenvalue weighted by atomic mass is 32.1. The van der Waals surface area contributed by atoms with E-state index in [1.807, 2.05) is 0 Å². The first kappa shape index (κ1) is 14.4. The molecule has 0 amide bonds. The van der Waals surface area contributed by atoms with Crippen LogP contribution in [0.2, 0.25) is 0 Å². The largest absolute Gasteiger partial charge is 0.573 e. The standard InChI is InChI=1S/C13H9F3O3S/c1-7(17)10-6-20-12(11(10)18)8-2-4-9(5-3-8)19-13(14,15)16/h2-6,18H,1H3. The maximum Gasteiger partial charge on any atom is 0.573 e. The minimum absolute atomic E-state index is 0.160. The number of ether oxygens (including phenoxy) is 1. The van der Waals surface area contributed by atoms with Crippen molar-refractivity contribution in [3.63, 3.8) is 0 Å². The van der Waals surface area contributed by atoms with Gasteiger partial charge in [0.05, 0.1) is 10.4 Å². The van der Waals surface area contributed by atoms with E-state index in [1.165, 1.54) is 24.4 Å². The van der Waals surface area contributed by atoms with E-state index in [0.717, 1.165) is 23.5 Å². The summed E-state index contributed by atoms with van der Waals surface area (Å²) in [7, 11) is 0. The Morgan fingerprint density at radius 2 is 1.85 bits per heavy atom. The van der Waals surface area contributed by atoms with Crippen molar-refractivity contribution in [2.24, 2.45) is 0 Å². The molecule has 2 rings (SSSR count). The Morgan fingerprint density at radius 3 is 2.30 bits per heavy atom. The predicted octanol–water partition coefficient (Wildman–Crippen LogP) is 4.22. The maximum absolute atomic E-state index is 12.0. The molecule has 7 heteroatoms. The highest BCUT2D eigenvalue weighted by molar-refractivity contribution is 7.14. The van der Waals surface area contributed by atoms with E-state index < -0.39 is 6.36 Å². The number of halogens is 3. The van der Waals surface area contributed by atoms with Crippen molar-refractivity contribution >= 4 is 17.1 Å². The molecule has 0 aliphatic heterocycles. The van der Waals surface area contributed by atoms with Gasteiger partial charge in [-0.05, 0) is 36.8 Å². The lowest BCUT2D eigenvalue weighted by atomic mass is 10.1. The van der Waals surface area contributed by atoms with Crippen LogP contribution in [-0.4, -0.2) is 17.3 Å². The minimum Gasteiger partial charge on any atom is -0.506 e. The third-order valence-corrected chi connectivity index (χ3v) is 3.51. The lowest BCUT2D eigenvalue weighted by Gasteiger charge is -2.09. The zero-order valence-electron chi connectivity index (χ0n) is 10.2. The number of hydrogen-bond acceptors (Lipinski definition) is 4. The van der Waals surface area contributed by atoms with Crippen molar-refractivity contribution in [2.75, 3.05) is 0 Å². The molecule has 0 fully saturated rings. The third kappa shape index (κ3) is 3.11. The smallest absolute Gasteiger partial charge is 0.506 e. The number of carbonyl (C=O) groups excluding carboxylic acids is 1. The Labute approximate surface area is 116 Å². The summed E-state index contributed by atoms with van der Waals surface area (Å²) in [6, 6.07) is 5.07. The van der Waals surface area contributed by atoms with Crippen molar-refractivity contribution in [2.45, 2.75) is 13.3 Å². The van der Waals surface area contributed by atoms with Crippen LogP contribution in [-0.2, 0) is 0 Å². The van der Waals surface area contributed by atoms with Crippen LogP contribution in [0, 0.1) is 0 Å². The summed E-state index contributed by atoms with van der Waals surface area (Å²) in [4.78, 5) is 11.6. The van der Waals surface area contributed by atoms with Gasteiger partial charge in [-0.3, -0.25) is 4.79 Å². The van der Waals surface area contributed by atoms with E-state index in [2.05, 4.69) is 4.74 Å². The molecule has 3 nitrogen and oxygen atoms in total. The zero-order chi connectivity index (χ0) is 14.9. The fraction of sp³-hybridized carbons (Fsp3) is 0.154. The molecule has 0 unspecified atom stereocenters. The van der Waals surface area contributed by atoms with Gasteiger partial charge in [-0.1, -0.05) is 0 Å². The molecule has 0 atom stereocenters. The van der Waals surface area contributed by atoms with Gasteiger partial charge < -0.3 is 9.84 Å². The Balaban J connectivity index is 2.29. The second kappa shape index (κ2) is 5.16. The summed E-state index contributed by atoms with van der Waals surface area (Å²) in [5, 5.41) is 11.4. The number of thiophene rings is 1. The molecule has 20 heavy (non-hydrogen) atoms. The van der Waals surface area contributed by atoms with Gasteiger partial charge in [0.1, 0.15) is 11.5 Å². The van der Waals surface area contributed by atoms with Crippen LogP contribution in [0.3, 0.4) is 0 Å². The Hall–Kier alpha value is -2.02. The van der Waals surface area contributed by atoms with E-state index in [9.17, 15) is 23.1 Å². The maximum atomic E-state index is 12.0. The lowest BCUT2D eigenvalue weighted by molar-refractivity contribution is -0.274. The number of ketones is 1. The third-order valence-electron chi connectivity index (χ3n) is 2.49. The van der Waals surface area contributed by atoms with Gasteiger partial charge in [0.15, 0.2) is 5.78 Å². The summed E-state index contributed by atoms with van der Waals surface area (Å²) >= 11 is 1.14. The molecule has 1 aromatic heterocycles. The van der Waals surface area contributed by atoms with Crippen molar-refractivity contribution in [1.29, 1.82) is 0 Å². The second-order valence-electron chi connectivity index (χ2n) is 3.96. The Morgan fingerprint density at radius 1 is 1.25 bits per heavy atom. The fourth-order valence-corrected chi connectivity index (χ4v) is 2.62. The van der Waals surface area contributed by atoms with Crippen LogP contribution >= 0.6 is 11.3 Å². The summed E-state index contributed by atoms with van der Waals surface area (Å²) < 4.78 is 39.8. The van der Waals surface area contributed by atoms with Gasteiger partial charge in [0.25, 0.3) is 0 Å². The topological polar surface area (TPSA) is 46.5 Å². The van der Waals surface area contributed by atoms with E-state index in [4.69, 9.17) is 0 Å². The number of Topliss-reactive ketones (excluding diaryl/α,β-unsaturated/α-hetero) is 1. The first-order valence-corrected chi connectivity index (χ1v) is 6.33. The lowest BCUT2D eigenvalue weighted by Crippen LogP contribution is -2.16. The van der Waals surface area contributed by atoms with E-state index in [-0.39, 0.29) is 22.8 Å². The summed E-state index contributed by atoms with van der Waals surface area (Å²) in [5.74, 6) is -0.780. The minimum atomic E-state index is -4.74. The molecule has 1 heterocycles. The molecule has 0 bridgehead atoms. The highest BCUT2D eigenvalue weighted by Gasteiger charge is 2.31. The van der Waals surface area contributed by atoms with Gasteiger partial charge in [0.2, 0.25) is 0 Å². The van der Waals surface area contributed by atoms with Crippen LogP contribution in [0.4, 0.5) is 13.2 Å². The van der Waals surface area contributed by atoms with Gasteiger partial charge in [-0.25, -0.2) is 0 Å². The highest BCUT2D eigenvalue weighted by Crippen LogP contribution is 2.39. The monoisotopic (exact) mass is 302 g/mol. The van der Waals surface area contributed by atoms with Crippen molar-refractivity contribution < 1.29 is 27.8 Å². The molecule has 0 aliphatic rings. The quantitative estimate of drug-likeness (QED) is 0.863. The molecular formula is C13H9F3O3S. The number of hydrogen-bond donors (Lipinski definition) is 1. The summed E-state index contributed by atoms with van der Waals surface area (Å²) in [6.45, 7) is 1.33. The number of aromatic hydroxyl groups is 1. The SMILES string of the molecule is CC(=O)c1csc(-c2ccc(OC(F)(F)F)cc2)c1O. The number of carbonyl (C=O) groups is 1. The van der Waals surface area contributed by atoms with Crippen LogP contribution in [0.1, 0.15) is 17.3 Å². The Bertz CT molecular complexity index is 629. The molecule has 0 saturated carbocycles. The van der Waals surface area contributed by atoms with Gasteiger partial charge in [-0.15, -0.1) is 24.5 Å². The molecule has 0 saturated heterocycles. The van der Waals surface area contributed by atoms with Gasteiger partial charge in [0, 0.05) is 5.38 Å².